The van der Waals surface area contributed by atoms with E-state index in [9.17, 15) is 13.6 Å². The van der Waals surface area contributed by atoms with E-state index in [2.05, 4.69) is 15.5 Å². The standard InChI is InChI=1S/C13H11F2N3O2S/c1-8-16-5-10(21-8)7-20-17-6-13(19)18-12-3-2-9(14)4-11(12)15/h2-6H,7H2,1H3,(H,18,19). The van der Waals surface area contributed by atoms with Gasteiger partial charge in [-0.1, -0.05) is 5.16 Å². The molecule has 8 heteroatoms. The number of aromatic nitrogens is 1. The summed E-state index contributed by atoms with van der Waals surface area (Å²) in [6.07, 6.45) is 2.53. The van der Waals surface area contributed by atoms with Crippen LogP contribution in [0.15, 0.2) is 29.6 Å². The van der Waals surface area contributed by atoms with Crippen molar-refractivity contribution in [3.63, 3.8) is 0 Å². The number of oxime groups is 1. The highest BCUT2D eigenvalue weighted by atomic mass is 32.1. The Morgan fingerprint density at radius 2 is 2.33 bits per heavy atom. The Kier molecular flexibility index (Phi) is 4.94. The Morgan fingerprint density at radius 1 is 1.52 bits per heavy atom. The molecule has 0 spiro atoms. The topological polar surface area (TPSA) is 63.6 Å². The third-order valence-electron chi connectivity index (χ3n) is 2.31. The SMILES string of the molecule is Cc1ncc(CON=CC(=O)Nc2ccc(F)cc2F)s1. The largest absolute Gasteiger partial charge is 0.390 e. The van der Waals surface area contributed by atoms with Crippen molar-refractivity contribution in [1.29, 1.82) is 0 Å². The molecule has 0 aliphatic heterocycles. The molecule has 0 radical (unpaired) electrons. The van der Waals surface area contributed by atoms with Gasteiger partial charge in [0.25, 0.3) is 5.91 Å². The molecule has 2 rings (SSSR count). The first kappa shape index (κ1) is 15.0. The van der Waals surface area contributed by atoms with E-state index in [0.717, 1.165) is 28.2 Å². The van der Waals surface area contributed by atoms with Crippen LogP contribution >= 0.6 is 11.3 Å². The molecule has 2 aromatic rings. The predicted octanol–water partition coefficient (Wildman–Crippen LogP) is 2.87. The number of aryl methyl sites for hydroxylation is 1. The van der Waals surface area contributed by atoms with Gasteiger partial charge in [0, 0.05) is 12.3 Å². The van der Waals surface area contributed by atoms with E-state index in [1.54, 1.807) is 6.20 Å². The van der Waals surface area contributed by atoms with E-state index < -0.39 is 17.5 Å². The summed E-state index contributed by atoms with van der Waals surface area (Å²) in [6.45, 7) is 2.06. The second-order valence-corrected chi connectivity index (χ2v) is 5.29. The van der Waals surface area contributed by atoms with Gasteiger partial charge in [0.15, 0.2) is 6.61 Å². The van der Waals surface area contributed by atoms with Gasteiger partial charge in [0.1, 0.15) is 17.8 Å². The van der Waals surface area contributed by atoms with Crippen molar-refractivity contribution in [3.8, 4) is 0 Å². The van der Waals surface area contributed by atoms with Gasteiger partial charge in [-0.2, -0.15) is 0 Å². The first-order valence-corrected chi connectivity index (χ1v) is 6.69. The molecule has 1 aromatic carbocycles. The summed E-state index contributed by atoms with van der Waals surface area (Å²) in [6, 6.07) is 2.84. The fourth-order valence-electron chi connectivity index (χ4n) is 1.41. The van der Waals surface area contributed by atoms with Crippen LogP contribution in [0, 0.1) is 18.6 Å². The van der Waals surface area contributed by atoms with Crippen molar-refractivity contribution in [1.82, 2.24) is 4.98 Å². The molecule has 1 heterocycles. The number of hydrogen-bond acceptors (Lipinski definition) is 5. The monoisotopic (exact) mass is 311 g/mol. The predicted molar refractivity (Wildman–Crippen MR) is 75.1 cm³/mol. The molecule has 1 N–H and O–H groups in total. The van der Waals surface area contributed by atoms with Crippen molar-refractivity contribution >= 4 is 29.1 Å². The number of benzene rings is 1. The summed E-state index contributed by atoms with van der Waals surface area (Å²) in [5.41, 5.74) is -0.133. The minimum Gasteiger partial charge on any atom is -0.390 e. The number of thiazole rings is 1. The fraction of sp³-hybridized carbons (Fsp3) is 0.154. The van der Waals surface area contributed by atoms with Crippen LogP contribution in [0.5, 0.6) is 0 Å². The number of rotatable bonds is 5. The highest BCUT2D eigenvalue weighted by Gasteiger charge is 2.06. The van der Waals surface area contributed by atoms with Crippen molar-refractivity contribution in [2.75, 3.05) is 5.32 Å². The molecule has 0 saturated carbocycles. The van der Waals surface area contributed by atoms with Gasteiger partial charge in [0.05, 0.1) is 15.6 Å². The van der Waals surface area contributed by atoms with E-state index in [0.29, 0.717) is 6.07 Å². The number of nitrogens with one attached hydrogen (secondary N) is 1. The molecule has 0 atom stereocenters. The van der Waals surface area contributed by atoms with Crippen LogP contribution in [-0.4, -0.2) is 17.1 Å². The smallest absolute Gasteiger partial charge is 0.270 e. The van der Waals surface area contributed by atoms with Crippen molar-refractivity contribution in [2.45, 2.75) is 13.5 Å². The van der Waals surface area contributed by atoms with Crippen LogP contribution in [-0.2, 0) is 16.2 Å². The highest BCUT2D eigenvalue weighted by molar-refractivity contribution is 7.11. The lowest BCUT2D eigenvalue weighted by molar-refractivity contribution is -0.110. The first-order chi connectivity index (χ1) is 10.0. The van der Waals surface area contributed by atoms with Gasteiger partial charge in [-0.15, -0.1) is 11.3 Å². The Morgan fingerprint density at radius 3 is 3.00 bits per heavy atom. The van der Waals surface area contributed by atoms with E-state index in [4.69, 9.17) is 4.84 Å². The third-order valence-corrected chi connectivity index (χ3v) is 3.20. The summed E-state index contributed by atoms with van der Waals surface area (Å²) < 4.78 is 26.0. The Balaban J connectivity index is 1.82. The minimum absolute atomic E-state index is 0.133. The summed E-state index contributed by atoms with van der Waals surface area (Å²) in [5, 5.41) is 6.59. The first-order valence-electron chi connectivity index (χ1n) is 5.87. The van der Waals surface area contributed by atoms with Gasteiger partial charge < -0.3 is 10.2 Å². The Labute approximate surface area is 123 Å². The van der Waals surface area contributed by atoms with Crippen molar-refractivity contribution in [3.05, 3.63) is 45.9 Å². The number of hydrogen-bond donors (Lipinski definition) is 1. The number of carbonyl (C=O) groups is 1. The molecular formula is C13H11F2N3O2S. The lowest BCUT2D eigenvalue weighted by atomic mass is 10.3. The normalized spacial score (nSPS) is 10.8. The molecule has 0 fully saturated rings. The summed E-state index contributed by atoms with van der Waals surface area (Å²) in [7, 11) is 0. The zero-order chi connectivity index (χ0) is 15.2. The van der Waals surface area contributed by atoms with Crippen molar-refractivity contribution in [2.24, 2.45) is 5.16 Å². The van der Waals surface area contributed by atoms with Gasteiger partial charge in [-0.3, -0.25) is 4.79 Å². The van der Waals surface area contributed by atoms with Gasteiger partial charge >= 0.3 is 0 Å². The average molecular weight is 311 g/mol. The average Bonchev–Trinajstić information content (AvgIpc) is 2.84. The molecule has 1 aromatic heterocycles. The molecule has 5 nitrogen and oxygen atoms in total. The zero-order valence-corrected chi connectivity index (χ0v) is 11.8. The maximum Gasteiger partial charge on any atom is 0.270 e. The number of anilines is 1. The van der Waals surface area contributed by atoms with Crippen LogP contribution in [0.25, 0.3) is 0 Å². The van der Waals surface area contributed by atoms with Gasteiger partial charge in [-0.05, 0) is 19.1 Å². The second-order valence-electron chi connectivity index (χ2n) is 3.97. The number of amides is 1. The van der Waals surface area contributed by atoms with Gasteiger partial charge in [0.2, 0.25) is 0 Å². The molecule has 110 valence electrons. The highest BCUT2D eigenvalue weighted by Crippen LogP contribution is 2.14. The fourth-order valence-corrected chi connectivity index (χ4v) is 2.12. The lowest BCUT2D eigenvalue weighted by Gasteiger charge is -2.03. The van der Waals surface area contributed by atoms with Crippen LogP contribution in [0.4, 0.5) is 14.5 Å². The van der Waals surface area contributed by atoms with E-state index in [-0.39, 0.29) is 12.3 Å². The minimum atomic E-state index is -0.863. The molecule has 21 heavy (non-hydrogen) atoms. The molecular weight excluding hydrogens is 300 g/mol. The number of halogens is 2. The van der Waals surface area contributed by atoms with Crippen LogP contribution in [0.2, 0.25) is 0 Å². The van der Waals surface area contributed by atoms with Crippen molar-refractivity contribution < 1.29 is 18.4 Å². The molecule has 0 saturated heterocycles. The molecule has 0 aliphatic rings. The van der Waals surface area contributed by atoms with Crippen LogP contribution in [0.1, 0.15) is 9.88 Å². The van der Waals surface area contributed by atoms with E-state index in [1.165, 1.54) is 11.3 Å². The molecule has 1 amide bonds. The third kappa shape index (κ3) is 4.60. The molecule has 0 unspecified atom stereocenters. The number of nitrogens with zero attached hydrogens (tertiary/aromatic N) is 2. The zero-order valence-electron chi connectivity index (χ0n) is 11.0. The van der Waals surface area contributed by atoms with E-state index in [1.807, 2.05) is 6.92 Å². The maximum atomic E-state index is 13.3. The molecule has 0 bridgehead atoms. The van der Waals surface area contributed by atoms with Gasteiger partial charge in [-0.25, -0.2) is 13.8 Å². The summed E-state index contributed by atoms with van der Waals surface area (Å²) in [4.78, 5) is 21.3. The van der Waals surface area contributed by atoms with Crippen LogP contribution in [0.3, 0.4) is 0 Å². The van der Waals surface area contributed by atoms with E-state index >= 15 is 0 Å². The maximum absolute atomic E-state index is 13.3. The second kappa shape index (κ2) is 6.89. The van der Waals surface area contributed by atoms with Crippen LogP contribution < -0.4 is 5.32 Å². The Bertz CT molecular complexity index is 673. The lowest BCUT2D eigenvalue weighted by Crippen LogP contribution is -2.14. The Hall–Kier alpha value is -2.35. The summed E-state index contributed by atoms with van der Waals surface area (Å²) in [5.74, 6) is -2.26. The summed E-state index contributed by atoms with van der Waals surface area (Å²) >= 11 is 1.46. The quantitative estimate of drug-likeness (QED) is 0.682. The molecule has 0 aliphatic carbocycles. The number of carbonyl (C=O) groups excluding carboxylic acids is 1.